The van der Waals surface area contributed by atoms with Crippen LogP contribution in [0.3, 0.4) is 0 Å². The molecule has 0 radical (unpaired) electrons. The normalized spacial score (nSPS) is 17.7. The summed E-state index contributed by atoms with van der Waals surface area (Å²) in [4.78, 5) is 43.8. The number of rotatable bonds is 8. The average molecular weight is 459 g/mol. The van der Waals surface area contributed by atoms with Crippen LogP contribution in [0.25, 0.3) is 0 Å². The molecule has 3 N–H and O–H groups in total. The molecule has 1 amide bonds. The van der Waals surface area contributed by atoms with Crippen LogP contribution < -0.4 is 0 Å². The summed E-state index contributed by atoms with van der Waals surface area (Å²) in [6.07, 6.45) is 1.33. The number of carbonyl (C=O) groups excluding carboxylic acids is 3. The number of hydrogen-bond acceptors (Lipinski definition) is 8. The molecule has 9 heteroatoms. The Labute approximate surface area is 190 Å². The fourth-order valence-corrected chi connectivity index (χ4v) is 4.54. The van der Waals surface area contributed by atoms with Crippen molar-refractivity contribution >= 4 is 28.6 Å². The quantitative estimate of drug-likeness (QED) is 0.406. The van der Waals surface area contributed by atoms with Crippen LogP contribution in [0.5, 0.6) is 11.5 Å². The predicted molar refractivity (Wildman–Crippen MR) is 118 cm³/mol. The smallest absolute Gasteiger partial charge is 0.226 e. The molecule has 1 aromatic carbocycles. The molecule has 1 aliphatic heterocycles. The minimum Gasteiger partial charge on any atom is -0.504 e. The Morgan fingerprint density at radius 3 is 2.66 bits per heavy atom. The lowest BCUT2D eigenvalue weighted by molar-refractivity contribution is -0.141. The first-order valence-corrected chi connectivity index (χ1v) is 11.2. The van der Waals surface area contributed by atoms with E-state index in [1.807, 2.05) is 0 Å². The van der Waals surface area contributed by atoms with Crippen LogP contribution in [0.2, 0.25) is 0 Å². The van der Waals surface area contributed by atoms with Gasteiger partial charge < -0.3 is 20.2 Å². The number of pyridine rings is 1. The van der Waals surface area contributed by atoms with Crippen molar-refractivity contribution in [3.05, 3.63) is 48.2 Å². The number of hydrogen-bond donors (Lipinski definition) is 3. The number of amides is 1. The number of carbonyl (C=O) groups is 3. The first kappa shape index (κ1) is 23.7. The molecule has 32 heavy (non-hydrogen) atoms. The van der Waals surface area contributed by atoms with E-state index in [4.69, 9.17) is 0 Å². The monoisotopic (exact) mass is 458 g/mol. The maximum absolute atomic E-state index is 13.0. The van der Waals surface area contributed by atoms with Crippen LogP contribution in [0.15, 0.2) is 47.6 Å². The van der Waals surface area contributed by atoms with E-state index in [9.17, 15) is 29.7 Å². The summed E-state index contributed by atoms with van der Waals surface area (Å²) < 4.78 is 0. The maximum Gasteiger partial charge on any atom is 0.226 e. The molecule has 3 atom stereocenters. The molecule has 2 aromatic rings. The number of phenols is 2. The van der Waals surface area contributed by atoms with Gasteiger partial charge in [0, 0.05) is 31.5 Å². The third-order valence-corrected chi connectivity index (χ3v) is 6.34. The van der Waals surface area contributed by atoms with Crippen LogP contribution in [0.4, 0.5) is 0 Å². The summed E-state index contributed by atoms with van der Waals surface area (Å²) in [5.41, 5.74) is 0.483. The minimum absolute atomic E-state index is 0.0425. The highest BCUT2D eigenvalue weighted by Gasteiger charge is 2.37. The summed E-state index contributed by atoms with van der Waals surface area (Å²) in [7, 11) is 0. The number of likely N-dealkylation sites (tertiary alicyclic amines) is 1. The van der Waals surface area contributed by atoms with Crippen LogP contribution in [-0.2, 0) is 20.8 Å². The fourth-order valence-electron chi connectivity index (χ4n) is 3.70. The van der Waals surface area contributed by atoms with Crippen LogP contribution in [0.1, 0.15) is 31.7 Å². The van der Waals surface area contributed by atoms with Gasteiger partial charge >= 0.3 is 0 Å². The zero-order chi connectivity index (χ0) is 23.3. The van der Waals surface area contributed by atoms with Gasteiger partial charge in [0.05, 0.1) is 0 Å². The van der Waals surface area contributed by atoms with Gasteiger partial charge in [-0.25, -0.2) is 4.98 Å². The number of aliphatic hydroxyl groups is 1. The summed E-state index contributed by atoms with van der Waals surface area (Å²) in [6, 6.07) is 8.79. The molecule has 1 saturated heterocycles. The van der Waals surface area contributed by atoms with E-state index >= 15 is 0 Å². The zero-order valence-electron chi connectivity index (χ0n) is 17.7. The van der Waals surface area contributed by atoms with Gasteiger partial charge in [0.2, 0.25) is 11.0 Å². The van der Waals surface area contributed by atoms with Crippen molar-refractivity contribution in [3.8, 4) is 11.5 Å². The van der Waals surface area contributed by atoms with E-state index in [-0.39, 0.29) is 35.4 Å². The highest BCUT2D eigenvalue weighted by Crippen LogP contribution is 2.29. The Balaban J connectivity index is 1.56. The number of nitrogens with zero attached hydrogens (tertiary/aromatic N) is 2. The van der Waals surface area contributed by atoms with Crippen LogP contribution >= 0.6 is 11.8 Å². The Hall–Kier alpha value is -2.91. The van der Waals surface area contributed by atoms with Gasteiger partial charge in [-0.3, -0.25) is 14.4 Å². The Morgan fingerprint density at radius 2 is 1.97 bits per heavy atom. The van der Waals surface area contributed by atoms with Gasteiger partial charge in [-0.1, -0.05) is 19.1 Å². The second kappa shape index (κ2) is 10.6. The fraction of sp³-hybridized carbons (Fsp3) is 0.391. The van der Waals surface area contributed by atoms with Crippen molar-refractivity contribution in [2.75, 3.05) is 6.54 Å². The molecule has 1 aliphatic rings. The van der Waals surface area contributed by atoms with Gasteiger partial charge in [0.1, 0.15) is 17.2 Å². The predicted octanol–water partition coefficient (Wildman–Crippen LogP) is 2.30. The Kier molecular flexibility index (Phi) is 7.87. The first-order chi connectivity index (χ1) is 15.3. The molecule has 8 nitrogen and oxygen atoms in total. The lowest BCUT2D eigenvalue weighted by atomic mass is 9.96. The van der Waals surface area contributed by atoms with E-state index in [0.717, 1.165) is 11.8 Å². The summed E-state index contributed by atoms with van der Waals surface area (Å²) in [6.45, 7) is 2.07. The number of phenolic OH excluding ortho intramolecular Hbond substituents is 2. The highest BCUT2D eigenvalue weighted by atomic mass is 32.2. The number of ketones is 1. The van der Waals surface area contributed by atoms with Gasteiger partial charge in [-0.15, -0.1) is 0 Å². The topological polar surface area (TPSA) is 128 Å². The van der Waals surface area contributed by atoms with Crippen molar-refractivity contribution in [1.82, 2.24) is 9.88 Å². The molecule has 0 aliphatic carbocycles. The number of aromatic hydroxyl groups is 2. The lowest BCUT2D eigenvalue weighted by Gasteiger charge is -2.26. The maximum atomic E-state index is 13.0. The Morgan fingerprint density at radius 1 is 1.19 bits per heavy atom. The number of thioether (sulfide) groups is 1. The lowest BCUT2D eigenvalue weighted by Crippen LogP contribution is -2.43. The standard InChI is InChI=1S/C23H26N2O6S/c1-14(11-18(27)20(29)13-15-7-8-17(26)19(28)12-15)22(30)25-10-4-5-16(25)23(31)32-21-6-2-3-9-24-21/h2-3,6-9,12,14,16,20,26,28-29H,4-5,10-11,13H2,1H3/t14-,16+,20-/m1/s1. The summed E-state index contributed by atoms with van der Waals surface area (Å²) in [5.74, 6) is -2.09. The molecular formula is C23H26N2O6S. The molecular weight excluding hydrogens is 432 g/mol. The Bertz CT molecular complexity index is 984. The number of aliphatic hydroxyl groups excluding tert-OH is 1. The molecule has 0 spiro atoms. The molecule has 1 fully saturated rings. The largest absolute Gasteiger partial charge is 0.504 e. The van der Waals surface area contributed by atoms with Crippen molar-refractivity contribution in [3.63, 3.8) is 0 Å². The van der Waals surface area contributed by atoms with Gasteiger partial charge in [-0.05, 0) is 54.4 Å². The summed E-state index contributed by atoms with van der Waals surface area (Å²) in [5, 5.41) is 29.6. The van der Waals surface area contributed by atoms with Crippen LogP contribution in [-0.4, -0.2) is 60.7 Å². The molecule has 0 saturated carbocycles. The molecule has 0 bridgehead atoms. The second-order valence-electron chi connectivity index (χ2n) is 7.89. The van der Waals surface area contributed by atoms with E-state index in [2.05, 4.69) is 4.98 Å². The average Bonchev–Trinajstić information content (AvgIpc) is 3.26. The number of aromatic nitrogens is 1. The zero-order valence-corrected chi connectivity index (χ0v) is 18.5. The molecule has 1 aromatic heterocycles. The van der Waals surface area contributed by atoms with E-state index < -0.39 is 23.8 Å². The molecule has 0 unspecified atom stereocenters. The van der Waals surface area contributed by atoms with Gasteiger partial charge in [0.15, 0.2) is 17.3 Å². The minimum atomic E-state index is -1.34. The van der Waals surface area contributed by atoms with Gasteiger partial charge in [-0.2, -0.15) is 0 Å². The van der Waals surface area contributed by atoms with E-state index in [1.54, 1.807) is 31.3 Å². The molecule has 170 valence electrons. The van der Waals surface area contributed by atoms with Gasteiger partial charge in [0.25, 0.3) is 0 Å². The SMILES string of the molecule is C[C@H](CC(=O)[C@H](O)Cc1ccc(O)c(O)c1)C(=O)N1CCC[C@H]1C(=O)Sc1ccccn1. The highest BCUT2D eigenvalue weighted by molar-refractivity contribution is 8.13. The first-order valence-electron chi connectivity index (χ1n) is 10.4. The number of Topliss-reactive ketones (excluding diaryl/α,β-unsaturated/α-hetero) is 1. The third kappa shape index (κ3) is 5.86. The van der Waals surface area contributed by atoms with Crippen molar-refractivity contribution in [2.24, 2.45) is 5.92 Å². The van der Waals surface area contributed by atoms with Crippen molar-refractivity contribution < 1.29 is 29.7 Å². The van der Waals surface area contributed by atoms with Crippen molar-refractivity contribution in [1.29, 1.82) is 0 Å². The molecule has 3 rings (SSSR count). The molecule has 2 heterocycles. The van der Waals surface area contributed by atoms with E-state index in [0.29, 0.717) is 30.0 Å². The summed E-state index contributed by atoms with van der Waals surface area (Å²) >= 11 is 1.01. The van der Waals surface area contributed by atoms with Crippen molar-refractivity contribution in [2.45, 2.75) is 49.8 Å². The van der Waals surface area contributed by atoms with E-state index in [1.165, 1.54) is 23.1 Å². The second-order valence-corrected chi connectivity index (χ2v) is 8.92. The number of benzene rings is 1. The third-order valence-electron chi connectivity index (χ3n) is 5.42. The van der Waals surface area contributed by atoms with Crippen LogP contribution in [0, 0.1) is 5.92 Å².